The molecular weight excluding hydrogens is 351 g/mol. The Morgan fingerprint density at radius 1 is 1.04 bits per heavy atom. The second-order valence-electron chi connectivity index (χ2n) is 5.46. The molecule has 0 amide bonds. The Morgan fingerprint density at radius 3 is 2.38 bits per heavy atom. The van der Waals surface area contributed by atoms with E-state index in [9.17, 15) is 10.1 Å². The number of hydrogen-bond donors (Lipinski definition) is 1. The van der Waals surface area contributed by atoms with Crippen LogP contribution in [0.5, 0.6) is 0 Å². The zero-order valence-electron chi connectivity index (χ0n) is 13.0. The summed E-state index contributed by atoms with van der Waals surface area (Å²) in [5.41, 5.74) is 1.92. The van der Waals surface area contributed by atoms with Gasteiger partial charge in [0.25, 0.3) is 5.69 Å². The summed E-state index contributed by atoms with van der Waals surface area (Å²) in [7, 11) is 0. The van der Waals surface area contributed by atoms with Gasteiger partial charge in [-0.25, -0.2) is 0 Å². The van der Waals surface area contributed by atoms with E-state index >= 15 is 0 Å². The van der Waals surface area contributed by atoms with Crippen LogP contribution < -0.4 is 0 Å². The molecule has 0 bridgehead atoms. The van der Waals surface area contributed by atoms with Crippen LogP contribution in [0.15, 0.2) is 42.5 Å². The van der Waals surface area contributed by atoms with Crippen molar-refractivity contribution in [3.63, 3.8) is 0 Å². The van der Waals surface area contributed by atoms with Crippen LogP contribution in [-0.4, -0.2) is 28.1 Å². The monoisotopic (exact) mass is 368 g/mol. The third-order valence-corrected chi connectivity index (χ3v) is 4.29. The Labute approximate surface area is 150 Å². The highest BCUT2D eigenvalue weighted by Crippen LogP contribution is 2.24. The molecule has 128 valence electrons. The number of aliphatic hydroxyl groups excluding tert-OH is 1. The molecule has 0 fully saturated rings. The summed E-state index contributed by atoms with van der Waals surface area (Å²) in [4.78, 5) is 12.6. The zero-order valence-corrected chi connectivity index (χ0v) is 14.5. The smallest absolute Gasteiger partial charge is 0.269 e. The fraction of sp³-hybridized carbons (Fsp3) is 0.294. The maximum Gasteiger partial charge on any atom is 0.269 e. The minimum Gasteiger partial charge on any atom is -0.396 e. The number of nitro groups is 1. The highest BCUT2D eigenvalue weighted by molar-refractivity contribution is 6.42. The number of nitro benzene ring substituents is 1. The highest BCUT2D eigenvalue weighted by atomic mass is 35.5. The van der Waals surface area contributed by atoms with E-state index in [2.05, 4.69) is 4.90 Å². The second kappa shape index (κ2) is 8.99. The Bertz CT molecular complexity index is 710. The Balaban J connectivity index is 2.14. The van der Waals surface area contributed by atoms with Crippen molar-refractivity contribution in [2.75, 3.05) is 13.2 Å². The van der Waals surface area contributed by atoms with Crippen LogP contribution in [-0.2, 0) is 13.1 Å². The lowest BCUT2D eigenvalue weighted by atomic mass is 10.1. The lowest BCUT2D eigenvalue weighted by molar-refractivity contribution is -0.384. The van der Waals surface area contributed by atoms with E-state index < -0.39 is 4.92 Å². The molecule has 0 saturated heterocycles. The predicted molar refractivity (Wildman–Crippen MR) is 95.4 cm³/mol. The molecule has 0 spiro atoms. The van der Waals surface area contributed by atoms with Crippen molar-refractivity contribution in [3.05, 3.63) is 73.8 Å². The summed E-state index contributed by atoms with van der Waals surface area (Å²) < 4.78 is 0. The van der Waals surface area contributed by atoms with Crippen LogP contribution in [0.4, 0.5) is 5.69 Å². The SMILES string of the molecule is O=[N+]([O-])c1cccc(CN(CCCO)Cc2ccc(Cl)c(Cl)c2)c1. The molecule has 24 heavy (non-hydrogen) atoms. The molecule has 0 saturated carbocycles. The van der Waals surface area contributed by atoms with E-state index in [1.165, 1.54) is 6.07 Å². The molecule has 0 aliphatic rings. The van der Waals surface area contributed by atoms with Crippen molar-refractivity contribution in [2.45, 2.75) is 19.5 Å². The fourth-order valence-corrected chi connectivity index (χ4v) is 2.75. The minimum absolute atomic E-state index is 0.0733. The molecule has 0 aliphatic heterocycles. The summed E-state index contributed by atoms with van der Waals surface area (Å²) in [6.07, 6.45) is 0.621. The normalized spacial score (nSPS) is 11.0. The first-order valence-corrected chi connectivity index (χ1v) is 8.25. The third kappa shape index (κ3) is 5.46. The molecule has 0 heterocycles. The van der Waals surface area contributed by atoms with Crippen molar-refractivity contribution in [1.82, 2.24) is 4.90 Å². The van der Waals surface area contributed by atoms with Crippen LogP contribution in [0, 0.1) is 10.1 Å². The Hall–Kier alpha value is -1.66. The summed E-state index contributed by atoms with van der Waals surface area (Å²) in [5.74, 6) is 0. The summed E-state index contributed by atoms with van der Waals surface area (Å²) in [6.45, 7) is 1.91. The highest BCUT2D eigenvalue weighted by Gasteiger charge is 2.11. The van der Waals surface area contributed by atoms with Gasteiger partial charge >= 0.3 is 0 Å². The van der Waals surface area contributed by atoms with E-state index in [1.807, 2.05) is 18.2 Å². The second-order valence-corrected chi connectivity index (χ2v) is 6.28. The molecule has 2 aromatic rings. The van der Waals surface area contributed by atoms with Gasteiger partial charge in [0, 0.05) is 38.4 Å². The molecule has 0 unspecified atom stereocenters. The largest absolute Gasteiger partial charge is 0.396 e. The summed E-state index contributed by atoms with van der Waals surface area (Å²) in [5, 5.41) is 21.0. The van der Waals surface area contributed by atoms with Gasteiger partial charge in [-0.2, -0.15) is 0 Å². The molecule has 0 radical (unpaired) electrons. The van der Waals surface area contributed by atoms with Gasteiger partial charge in [0.1, 0.15) is 0 Å². The molecule has 7 heteroatoms. The Kier molecular flexibility index (Phi) is 6.99. The molecule has 2 aromatic carbocycles. The van der Waals surface area contributed by atoms with Gasteiger partial charge in [-0.15, -0.1) is 0 Å². The van der Waals surface area contributed by atoms with Crippen molar-refractivity contribution < 1.29 is 10.0 Å². The zero-order chi connectivity index (χ0) is 17.5. The number of aliphatic hydroxyl groups is 1. The van der Waals surface area contributed by atoms with Gasteiger partial charge in [0.15, 0.2) is 0 Å². The fourth-order valence-electron chi connectivity index (χ4n) is 2.43. The van der Waals surface area contributed by atoms with Gasteiger partial charge in [0.2, 0.25) is 0 Å². The molecule has 1 N–H and O–H groups in total. The van der Waals surface area contributed by atoms with Gasteiger partial charge in [0.05, 0.1) is 15.0 Å². The summed E-state index contributed by atoms with van der Waals surface area (Å²) in [6, 6.07) is 12.0. The number of nitrogens with zero attached hydrogens (tertiary/aromatic N) is 2. The topological polar surface area (TPSA) is 66.6 Å². The lowest BCUT2D eigenvalue weighted by Gasteiger charge is -2.22. The maximum atomic E-state index is 10.9. The van der Waals surface area contributed by atoms with Crippen molar-refractivity contribution >= 4 is 28.9 Å². The van der Waals surface area contributed by atoms with Crippen LogP contribution in [0.2, 0.25) is 10.0 Å². The first-order chi connectivity index (χ1) is 11.5. The van der Waals surface area contributed by atoms with Crippen LogP contribution >= 0.6 is 23.2 Å². The molecule has 0 atom stereocenters. The first-order valence-electron chi connectivity index (χ1n) is 7.50. The van der Waals surface area contributed by atoms with Crippen molar-refractivity contribution in [3.8, 4) is 0 Å². The number of hydrogen-bond acceptors (Lipinski definition) is 4. The molecular formula is C17H18Cl2N2O3. The van der Waals surface area contributed by atoms with Crippen LogP contribution in [0.3, 0.4) is 0 Å². The minimum atomic E-state index is -0.402. The standard InChI is InChI=1S/C17H18Cl2N2O3/c18-16-6-5-14(10-17(16)19)12-20(7-2-8-22)11-13-3-1-4-15(9-13)21(23)24/h1,3-6,9-10,22H,2,7-8,11-12H2. The molecule has 0 aromatic heterocycles. The Morgan fingerprint density at radius 2 is 1.75 bits per heavy atom. The average molecular weight is 369 g/mol. The third-order valence-electron chi connectivity index (χ3n) is 3.55. The molecule has 2 rings (SSSR count). The van der Waals surface area contributed by atoms with Gasteiger partial charge in [-0.05, 0) is 29.7 Å². The summed E-state index contributed by atoms with van der Waals surface area (Å²) >= 11 is 12.0. The number of benzene rings is 2. The van der Waals surface area contributed by atoms with E-state index in [4.69, 9.17) is 28.3 Å². The predicted octanol–water partition coefficient (Wildman–Crippen LogP) is 4.29. The van der Waals surface area contributed by atoms with Crippen molar-refractivity contribution in [1.29, 1.82) is 0 Å². The van der Waals surface area contributed by atoms with Crippen LogP contribution in [0.1, 0.15) is 17.5 Å². The quantitative estimate of drug-likeness (QED) is 0.557. The molecule has 5 nitrogen and oxygen atoms in total. The maximum absolute atomic E-state index is 10.9. The van der Waals surface area contributed by atoms with E-state index in [1.54, 1.807) is 18.2 Å². The van der Waals surface area contributed by atoms with Crippen LogP contribution in [0.25, 0.3) is 0 Å². The van der Waals surface area contributed by atoms with Gasteiger partial charge in [-0.1, -0.05) is 41.4 Å². The number of rotatable bonds is 8. The van der Waals surface area contributed by atoms with Crippen molar-refractivity contribution in [2.24, 2.45) is 0 Å². The van der Waals surface area contributed by atoms with E-state index in [0.29, 0.717) is 36.1 Å². The lowest BCUT2D eigenvalue weighted by Crippen LogP contribution is -2.24. The van der Waals surface area contributed by atoms with Gasteiger partial charge < -0.3 is 5.11 Å². The van der Waals surface area contributed by atoms with Gasteiger partial charge in [-0.3, -0.25) is 15.0 Å². The first kappa shape index (κ1) is 18.7. The molecule has 0 aliphatic carbocycles. The average Bonchev–Trinajstić information content (AvgIpc) is 2.56. The number of halogens is 2. The van der Waals surface area contributed by atoms with E-state index in [0.717, 1.165) is 11.1 Å². The number of non-ortho nitro benzene ring substituents is 1. The van der Waals surface area contributed by atoms with E-state index in [-0.39, 0.29) is 12.3 Å².